The minimum absolute atomic E-state index is 0.106. The molecule has 9 heteroatoms. The Balaban J connectivity index is 0.875. The van der Waals surface area contributed by atoms with Gasteiger partial charge in [-0.1, -0.05) is 42.5 Å². The molecule has 3 aromatic carbocycles. The number of nitrogens with zero attached hydrogens (tertiary/aromatic N) is 4. The molecule has 9 nitrogen and oxygen atoms in total. The first-order valence-corrected chi connectivity index (χ1v) is 17.8. The lowest BCUT2D eigenvalue weighted by Gasteiger charge is -2.47. The van der Waals surface area contributed by atoms with Crippen molar-refractivity contribution in [2.24, 2.45) is 0 Å². The molecule has 49 heavy (non-hydrogen) atoms. The molecule has 0 atom stereocenters. The number of aromatic nitrogens is 2. The van der Waals surface area contributed by atoms with Gasteiger partial charge in [-0.25, -0.2) is 9.78 Å². The van der Waals surface area contributed by atoms with Crippen molar-refractivity contribution < 1.29 is 19.0 Å². The lowest BCUT2D eigenvalue weighted by atomic mass is 9.83. The number of ether oxygens (including phenoxy) is 3. The number of likely N-dealkylation sites (tertiary alicyclic amines) is 2. The standard InChI is InChI=1S/C40H48N4O5/c1-40(2,3)49-39(46)43-21-17-33(18-22-43)48-35-23-32(24-35)42-19-15-30(16-20-42)29-9-11-31(12-10-29)44-27-41-37-14-13-34(25-36(37)38(44)45)47-26-28-7-5-4-6-8-28/h4-14,25,27,30,32-33,35H,15-24,26H2,1-3H3. The van der Waals surface area contributed by atoms with Crippen LogP contribution < -0.4 is 10.3 Å². The summed E-state index contributed by atoms with van der Waals surface area (Å²) in [6.45, 7) is 9.75. The van der Waals surface area contributed by atoms with E-state index in [9.17, 15) is 9.59 Å². The van der Waals surface area contributed by atoms with Gasteiger partial charge in [0, 0.05) is 19.1 Å². The van der Waals surface area contributed by atoms with Crippen molar-refractivity contribution in [2.75, 3.05) is 26.2 Å². The van der Waals surface area contributed by atoms with Gasteiger partial charge in [-0.3, -0.25) is 9.36 Å². The molecule has 2 aliphatic heterocycles. The number of fused-ring (bicyclic) bond motifs is 1. The van der Waals surface area contributed by atoms with Gasteiger partial charge in [0.1, 0.15) is 24.3 Å². The number of carbonyl (C=O) groups excluding carboxylic acids is 1. The molecule has 1 amide bonds. The molecule has 0 radical (unpaired) electrons. The van der Waals surface area contributed by atoms with E-state index in [0.717, 1.165) is 62.9 Å². The quantitative estimate of drug-likeness (QED) is 0.199. The van der Waals surface area contributed by atoms with Crippen LogP contribution in [-0.2, 0) is 16.1 Å². The van der Waals surface area contributed by atoms with Gasteiger partial charge in [-0.2, -0.15) is 0 Å². The van der Waals surface area contributed by atoms with Crippen LogP contribution in [0.4, 0.5) is 4.79 Å². The number of hydrogen-bond acceptors (Lipinski definition) is 7. The zero-order chi connectivity index (χ0) is 34.0. The summed E-state index contributed by atoms with van der Waals surface area (Å²) in [6.07, 6.45) is 8.18. The summed E-state index contributed by atoms with van der Waals surface area (Å²) < 4.78 is 19.6. The number of hydrogen-bond donors (Lipinski definition) is 0. The van der Waals surface area contributed by atoms with Crippen LogP contribution in [0.2, 0.25) is 0 Å². The monoisotopic (exact) mass is 664 g/mol. The second-order valence-corrected chi connectivity index (χ2v) is 14.8. The van der Waals surface area contributed by atoms with E-state index >= 15 is 0 Å². The number of rotatable bonds is 8. The van der Waals surface area contributed by atoms with E-state index in [1.807, 2.05) is 80.3 Å². The van der Waals surface area contributed by atoms with E-state index in [-0.39, 0.29) is 17.8 Å². The SMILES string of the molecule is CC(C)(C)OC(=O)N1CCC(OC2CC(N3CCC(c4ccc(-n5cnc6ccc(OCc7ccccc7)cc6c5=O)cc4)CC3)C2)CC1. The van der Waals surface area contributed by atoms with E-state index in [1.165, 1.54) is 5.56 Å². The maximum Gasteiger partial charge on any atom is 0.410 e. The zero-order valence-electron chi connectivity index (χ0n) is 28.9. The fourth-order valence-corrected chi connectivity index (χ4v) is 7.34. The lowest BCUT2D eigenvalue weighted by Crippen LogP contribution is -2.52. The molecule has 0 spiro atoms. The second kappa shape index (κ2) is 14.3. The lowest BCUT2D eigenvalue weighted by molar-refractivity contribution is -0.105. The van der Waals surface area contributed by atoms with Crippen molar-refractivity contribution in [1.82, 2.24) is 19.4 Å². The smallest absolute Gasteiger partial charge is 0.410 e. The topological polar surface area (TPSA) is 86.1 Å². The van der Waals surface area contributed by atoms with Gasteiger partial charge in [0.15, 0.2) is 0 Å². The fraction of sp³-hybridized carbons (Fsp3) is 0.475. The Kier molecular flexibility index (Phi) is 9.74. The third-order valence-corrected chi connectivity index (χ3v) is 10.2. The molecule has 0 bridgehead atoms. The first kappa shape index (κ1) is 33.3. The Morgan fingerprint density at radius 2 is 1.57 bits per heavy atom. The Hall–Kier alpha value is -4.21. The molecule has 3 aliphatic rings. The van der Waals surface area contributed by atoms with Crippen LogP contribution in [0.3, 0.4) is 0 Å². The van der Waals surface area contributed by atoms with Gasteiger partial charge in [0.25, 0.3) is 5.56 Å². The van der Waals surface area contributed by atoms with Crippen molar-refractivity contribution in [3.63, 3.8) is 0 Å². The summed E-state index contributed by atoms with van der Waals surface area (Å²) >= 11 is 0. The molecule has 0 unspecified atom stereocenters. The van der Waals surface area contributed by atoms with Gasteiger partial charge in [-0.15, -0.1) is 0 Å². The molecule has 3 heterocycles. The van der Waals surface area contributed by atoms with E-state index in [1.54, 1.807) is 17.0 Å². The number of amides is 1. The highest BCUT2D eigenvalue weighted by molar-refractivity contribution is 5.79. The van der Waals surface area contributed by atoms with Crippen LogP contribution in [0, 0.1) is 0 Å². The summed E-state index contributed by atoms with van der Waals surface area (Å²) in [5.41, 5.74) is 3.30. The molecule has 0 N–H and O–H groups in total. The normalized spacial score (nSPS) is 21.0. The molecular weight excluding hydrogens is 616 g/mol. The van der Waals surface area contributed by atoms with Crippen LogP contribution in [0.5, 0.6) is 5.75 Å². The molecule has 1 aliphatic carbocycles. The Labute approximate surface area is 288 Å². The second-order valence-electron chi connectivity index (χ2n) is 14.8. The maximum atomic E-state index is 13.5. The highest BCUT2D eigenvalue weighted by atomic mass is 16.6. The van der Waals surface area contributed by atoms with Crippen molar-refractivity contribution in [2.45, 2.75) is 95.7 Å². The third-order valence-electron chi connectivity index (χ3n) is 10.2. The minimum Gasteiger partial charge on any atom is -0.489 e. The van der Waals surface area contributed by atoms with Gasteiger partial charge < -0.3 is 24.0 Å². The summed E-state index contributed by atoms with van der Waals surface area (Å²) in [5.74, 6) is 1.17. The Morgan fingerprint density at radius 1 is 0.857 bits per heavy atom. The van der Waals surface area contributed by atoms with E-state index in [4.69, 9.17) is 14.2 Å². The molecule has 3 fully saturated rings. The predicted octanol–water partition coefficient (Wildman–Crippen LogP) is 7.09. The molecule has 258 valence electrons. The summed E-state index contributed by atoms with van der Waals surface area (Å²) in [7, 11) is 0. The molecule has 2 saturated heterocycles. The highest BCUT2D eigenvalue weighted by Crippen LogP contribution is 2.36. The Morgan fingerprint density at radius 3 is 2.27 bits per heavy atom. The van der Waals surface area contributed by atoms with Crippen molar-refractivity contribution in [3.05, 3.63) is 101 Å². The molecular formula is C40H48N4O5. The van der Waals surface area contributed by atoms with Crippen LogP contribution in [0.15, 0.2) is 83.9 Å². The zero-order valence-corrected chi connectivity index (χ0v) is 28.9. The van der Waals surface area contributed by atoms with Crippen molar-refractivity contribution in [1.29, 1.82) is 0 Å². The van der Waals surface area contributed by atoms with E-state index in [2.05, 4.69) is 22.0 Å². The molecule has 7 rings (SSSR count). The third kappa shape index (κ3) is 8.00. The largest absolute Gasteiger partial charge is 0.489 e. The van der Waals surface area contributed by atoms with Crippen LogP contribution in [0.25, 0.3) is 16.6 Å². The molecule has 1 saturated carbocycles. The predicted molar refractivity (Wildman–Crippen MR) is 190 cm³/mol. The number of carbonyl (C=O) groups is 1. The molecule has 1 aromatic heterocycles. The van der Waals surface area contributed by atoms with Crippen LogP contribution in [-0.4, -0.2) is 75.5 Å². The van der Waals surface area contributed by atoms with E-state index < -0.39 is 5.60 Å². The van der Waals surface area contributed by atoms with Crippen LogP contribution in [0.1, 0.15) is 76.3 Å². The summed E-state index contributed by atoms with van der Waals surface area (Å²) in [4.78, 5) is 34.9. The first-order chi connectivity index (χ1) is 23.7. The van der Waals surface area contributed by atoms with Crippen LogP contribution >= 0.6 is 0 Å². The minimum atomic E-state index is -0.464. The van der Waals surface area contributed by atoms with Gasteiger partial charge in [0.05, 0.1) is 28.8 Å². The van der Waals surface area contributed by atoms with Gasteiger partial charge >= 0.3 is 6.09 Å². The fourth-order valence-electron chi connectivity index (χ4n) is 7.34. The van der Waals surface area contributed by atoms with Gasteiger partial charge in [0.2, 0.25) is 0 Å². The number of piperidine rings is 2. The number of benzene rings is 3. The molecule has 4 aromatic rings. The van der Waals surface area contributed by atoms with Crippen molar-refractivity contribution in [3.8, 4) is 11.4 Å². The Bertz CT molecular complexity index is 1780. The summed E-state index contributed by atoms with van der Waals surface area (Å²) in [5, 5.41) is 0.539. The van der Waals surface area contributed by atoms with Crippen molar-refractivity contribution >= 4 is 17.0 Å². The average molecular weight is 665 g/mol. The average Bonchev–Trinajstić information content (AvgIpc) is 3.09. The van der Waals surface area contributed by atoms with Gasteiger partial charge in [-0.05, 0) is 120 Å². The summed E-state index contributed by atoms with van der Waals surface area (Å²) in [6, 6.07) is 24.5. The highest BCUT2D eigenvalue weighted by Gasteiger charge is 2.38. The maximum absolute atomic E-state index is 13.5. The van der Waals surface area contributed by atoms with E-state index in [0.29, 0.717) is 54.4 Å². The first-order valence-electron chi connectivity index (χ1n) is 17.8.